The zero-order chi connectivity index (χ0) is 58.9. The van der Waals surface area contributed by atoms with Gasteiger partial charge in [0.25, 0.3) is 5.91 Å². The number of imide groups is 1. The molecular formula is C57H68F2N9O12PS. The first-order chi connectivity index (χ1) is 38.9. The van der Waals surface area contributed by atoms with Crippen LogP contribution in [0, 0.1) is 11.8 Å². The number of aryl methyl sites for hydroxylation is 2. The van der Waals surface area contributed by atoms with E-state index >= 15 is 4.79 Å². The van der Waals surface area contributed by atoms with Gasteiger partial charge in [-0.05, 0) is 135 Å². The first-order valence-electron chi connectivity index (χ1n) is 27.8. The third kappa shape index (κ3) is 12.7. The second-order valence-corrected chi connectivity index (χ2v) is 25.2. The van der Waals surface area contributed by atoms with E-state index in [1.165, 1.54) is 26.2 Å². The van der Waals surface area contributed by atoms with Crippen LogP contribution in [0.5, 0.6) is 0 Å². The number of nitrogens with one attached hydrogen (secondary N) is 4. The molecule has 0 radical (unpaired) electrons. The number of hydrogen-bond donors (Lipinski definition) is 7. The molecule has 5 atom stereocenters. The van der Waals surface area contributed by atoms with Gasteiger partial charge in [0, 0.05) is 61.7 Å². The Balaban J connectivity index is 0.896. The number of piperidine rings is 1. The molecule has 3 aliphatic heterocycles. The van der Waals surface area contributed by atoms with Crippen LogP contribution in [-0.4, -0.2) is 113 Å². The lowest BCUT2D eigenvalue weighted by Crippen LogP contribution is -2.62. The summed E-state index contributed by atoms with van der Waals surface area (Å²) in [5, 5.41) is 10.8. The number of amides is 8. The molecule has 82 heavy (non-hydrogen) atoms. The molecule has 9 rings (SSSR count). The van der Waals surface area contributed by atoms with Crippen LogP contribution in [0.3, 0.4) is 0 Å². The van der Waals surface area contributed by atoms with E-state index in [1.54, 1.807) is 11.9 Å². The van der Waals surface area contributed by atoms with E-state index in [9.17, 15) is 61.5 Å². The van der Waals surface area contributed by atoms with E-state index in [2.05, 4.69) is 35.1 Å². The topological polar surface area (TPSA) is 302 Å². The van der Waals surface area contributed by atoms with Gasteiger partial charge in [0.15, 0.2) is 0 Å². The summed E-state index contributed by atoms with van der Waals surface area (Å²) in [5.74, 6) is -4.31. The number of thiophene rings is 1. The molecule has 0 spiro atoms. The standard InChI is InChI=1S/C57H68F2N9O12PS/c1-31(2)35-11-8-34(9-12-35)29-61-50(71)40(17-22-48(60)69)62-51(72)43-19-16-39-24-25-66(30-41(55(76)67(39)43)63-53(74)47-28-37-27-38(15-21-46(37)82-47)57(58,59)81(78,79)80)54(75)36-13-6-32(7-14-36)4-5-33-10-18-42-45(26-33)65(3)56(77)68(42)44-20-23-49(70)64-52(44)73/h8-12,15,18,21,26-28,31-32,36,39-41,43-44H,4-7,13-14,16-17,19-20,22-25,29-30H2,1-3H3,(H2,60,69)(H,61,71)(H,62,72)(H,63,74)(H,64,70,73)(H2,78,79,80)/t32-,36+,39-,40+,41+,43+,44?/m1/s1. The van der Waals surface area contributed by atoms with Crippen LogP contribution in [0.2, 0.25) is 0 Å². The molecule has 3 saturated heterocycles. The predicted octanol–water partition coefficient (Wildman–Crippen LogP) is 5.08. The molecule has 21 nitrogen and oxygen atoms in total. The number of nitrogens with two attached hydrogens (primary N) is 1. The molecule has 5 aromatic rings. The van der Waals surface area contributed by atoms with Crippen molar-refractivity contribution < 1.29 is 61.5 Å². The highest BCUT2D eigenvalue weighted by atomic mass is 32.1. The first kappa shape index (κ1) is 59.5. The highest BCUT2D eigenvalue weighted by Crippen LogP contribution is 2.59. The van der Waals surface area contributed by atoms with Gasteiger partial charge in [-0.25, -0.2) is 4.79 Å². The monoisotopic (exact) mass is 1170 g/mol. The molecule has 8 amide bonds. The molecule has 2 aromatic heterocycles. The van der Waals surface area contributed by atoms with Gasteiger partial charge in [0.2, 0.25) is 41.4 Å². The molecule has 3 aromatic carbocycles. The van der Waals surface area contributed by atoms with E-state index < -0.39 is 90.4 Å². The minimum absolute atomic E-state index is 0.0289. The molecule has 0 bridgehead atoms. The first-order valence-corrected chi connectivity index (χ1v) is 30.2. The minimum Gasteiger partial charge on any atom is -0.370 e. The number of aromatic nitrogens is 2. The van der Waals surface area contributed by atoms with Crippen LogP contribution in [0.15, 0.2) is 71.5 Å². The Bertz CT molecular complexity index is 3440. The lowest BCUT2D eigenvalue weighted by molar-refractivity contribution is -0.147. The van der Waals surface area contributed by atoms with E-state index in [4.69, 9.17) is 5.73 Å². The smallest absolute Gasteiger partial charge is 0.370 e. The summed E-state index contributed by atoms with van der Waals surface area (Å²) in [4.78, 5) is 144. The Kier molecular flexibility index (Phi) is 17.7. The zero-order valence-electron chi connectivity index (χ0n) is 45.7. The average molecular weight is 1170 g/mol. The summed E-state index contributed by atoms with van der Waals surface area (Å²) >= 11 is 0.888. The average Bonchev–Trinajstić information content (AvgIpc) is 4.07. The van der Waals surface area contributed by atoms with Crippen LogP contribution in [0.4, 0.5) is 8.78 Å². The van der Waals surface area contributed by atoms with Gasteiger partial charge in [-0.1, -0.05) is 50.2 Å². The molecule has 25 heteroatoms. The third-order valence-corrected chi connectivity index (χ3v) is 18.8. The van der Waals surface area contributed by atoms with E-state index in [1.807, 2.05) is 42.5 Å². The Hall–Kier alpha value is -7.14. The van der Waals surface area contributed by atoms with Crippen LogP contribution >= 0.6 is 18.9 Å². The van der Waals surface area contributed by atoms with Crippen molar-refractivity contribution in [1.29, 1.82) is 0 Å². The molecule has 1 saturated carbocycles. The number of rotatable bonds is 18. The fourth-order valence-electron chi connectivity index (χ4n) is 12.0. The summed E-state index contributed by atoms with van der Waals surface area (Å²) in [6.45, 7) is 4.15. The van der Waals surface area contributed by atoms with Crippen molar-refractivity contribution in [2.45, 2.75) is 146 Å². The van der Waals surface area contributed by atoms with Crippen molar-refractivity contribution in [3.05, 3.63) is 104 Å². The maximum atomic E-state index is 15.1. The minimum atomic E-state index is -5.91. The number of alkyl halides is 2. The zero-order valence-corrected chi connectivity index (χ0v) is 47.4. The van der Waals surface area contributed by atoms with Crippen molar-refractivity contribution >= 4 is 87.3 Å². The van der Waals surface area contributed by atoms with Crippen molar-refractivity contribution in [2.24, 2.45) is 24.6 Å². The summed E-state index contributed by atoms with van der Waals surface area (Å²) in [6, 6.07) is 12.5. The van der Waals surface area contributed by atoms with Crippen LogP contribution in [-0.2, 0) is 63.8 Å². The second-order valence-electron chi connectivity index (χ2n) is 22.5. The molecule has 4 aliphatic rings. The van der Waals surface area contributed by atoms with E-state index in [0.717, 1.165) is 59.4 Å². The summed E-state index contributed by atoms with van der Waals surface area (Å²) < 4.78 is 44.5. The van der Waals surface area contributed by atoms with Gasteiger partial charge in [-0.15, -0.1) is 11.3 Å². The normalized spacial score (nSPS) is 22.1. The van der Waals surface area contributed by atoms with Gasteiger partial charge < -0.3 is 41.3 Å². The molecule has 438 valence electrons. The molecule has 1 unspecified atom stereocenters. The number of carbonyl (C=O) groups excluding carboxylic acids is 8. The Morgan fingerprint density at radius 3 is 2.28 bits per heavy atom. The van der Waals surface area contributed by atoms with Crippen molar-refractivity contribution in [2.75, 3.05) is 13.1 Å². The molecule has 8 N–H and O–H groups in total. The lowest BCUT2D eigenvalue weighted by atomic mass is 9.79. The fraction of sp³-hybridized carbons (Fsp3) is 0.491. The van der Waals surface area contributed by atoms with Crippen LogP contribution < -0.4 is 32.7 Å². The molecule has 4 fully saturated rings. The number of benzene rings is 3. The highest BCUT2D eigenvalue weighted by molar-refractivity contribution is 7.52. The number of primary amides is 1. The number of halogens is 2. The van der Waals surface area contributed by atoms with Crippen molar-refractivity contribution in [3.63, 3.8) is 0 Å². The van der Waals surface area contributed by atoms with Gasteiger partial charge in [0.1, 0.15) is 24.2 Å². The van der Waals surface area contributed by atoms with Crippen LogP contribution in [0.1, 0.15) is 135 Å². The van der Waals surface area contributed by atoms with E-state index in [0.29, 0.717) is 53.8 Å². The van der Waals surface area contributed by atoms with Crippen molar-refractivity contribution in [3.8, 4) is 0 Å². The Labute approximate surface area is 474 Å². The highest BCUT2D eigenvalue weighted by Gasteiger charge is 2.51. The predicted molar refractivity (Wildman–Crippen MR) is 299 cm³/mol. The maximum Gasteiger partial charge on any atom is 0.399 e. The SMILES string of the molecule is CC(C)c1ccc(CNC(=O)[C@H](CCC(N)=O)NC(=O)[C@@H]2CC[C@@H]3CCN(C(=O)[C@H]4CC[C@@H](CCc5ccc6c(c5)n(C)c(=O)n6C5CCC(=O)NC5=O)CC4)C[C@H](NC(=O)c4cc5cc(C(F)(F)P(=O)(O)O)ccc5s4)C(=O)N32)cc1. The van der Waals surface area contributed by atoms with Gasteiger partial charge in [-0.3, -0.25) is 57.4 Å². The molecule has 5 heterocycles. The summed E-state index contributed by atoms with van der Waals surface area (Å²) in [5.41, 5.74) is 3.83. The maximum absolute atomic E-state index is 15.1. The summed E-state index contributed by atoms with van der Waals surface area (Å²) in [7, 11) is -4.27. The number of nitrogens with zero attached hydrogens (tertiary/aromatic N) is 4. The summed E-state index contributed by atoms with van der Waals surface area (Å²) in [6.07, 6.45) is 4.91. The number of hydrogen-bond acceptors (Lipinski definition) is 11. The molecule has 1 aliphatic carbocycles. The van der Waals surface area contributed by atoms with Gasteiger partial charge in [-0.2, -0.15) is 8.78 Å². The quantitative estimate of drug-likeness (QED) is 0.0447. The Morgan fingerprint density at radius 1 is 0.878 bits per heavy atom. The fourth-order valence-corrected chi connectivity index (χ4v) is 13.4. The Morgan fingerprint density at radius 2 is 1.60 bits per heavy atom. The third-order valence-electron chi connectivity index (χ3n) is 16.7. The number of carbonyl (C=O) groups is 8. The van der Waals surface area contributed by atoms with Gasteiger partial charge in [0.05, 0.1) is 15.9 Å². The lowest BCUT2D eigenvalue weighted by Gasteiger charge is -2.40. The number of imidazole rings is 1. The van der Waals surface area contributed by atoms with E-state index in [-0.39, 0.29) is 85.4 Å². The van der Waals surface area contributed by atoms with Gasteiger partial charge >= 0.3 is 18.9 Å². The molecular weight excluding hydrogens is 1100 g/mol. The largest absolute Gasteiger partial charge is 0.399 e. The second kappa shape index (κ2) is 24.4. The van der Waals surface area contributed by atoms with Crippen LogP contribution in [0.25, 0.3) is 21.1 Å². The number of fused-ring (bicyclic) bond motifs is 3. The van der Waals surface area contributed by atoms with Crippen molar-refractivity contribution in [1.82, 2.24) is 40.2 Å².